The quantitative estimate of drug-likeness (QED) is 0.0272. The van der Waals surface area contributed by atoms with E-state index in [-0.39, 0.29) is 12.5 Å². The van der Waals surface area contributed by atoms with Gasteiger partial charge in [-0.2, -0.15) is 0 Å². The summed E-state index contributed by atoms with van der Waals surface area (Å²) in [5.74, 6) is -0.207. The minimum absolute atomic E-state index is 0.00878. The van der Waals surface area contributed by atoms with Crippen molar-refractivity contribution in [2.24, 2.45) is 0 Å². The summed E-state index contributed by atoms with van der Waals surface area (Å²) in [6.07, 6.45) is 83.6. The molecular weight excluding hydrogens is 972 g/mol. The van der Waals surface area contributed by atoms with E-state index in [4.69, 9.17) is 9.05 Å². The summed E-state index contributed by atoms with van der Waals surface area (Å²) in [7, 11) is 1.24. The Morgan fingerprint density at radius 3 is 1.21 bits per heavy atom. The highest BCUT2D eigenvalue weighted by Gasteiger charge is 2.23. The van der Waals surface area contributed by atoms with E-state index in [2.05, 4.69) is 104 Å². The van der Waals surface area contributed by atoms with Gasteiger partial charge in [0.25, 0.3) is 7.82 Å². The zero-order valence-electron chi connectivity index (χ0n) is 50.9. The number of phosphoric acid groups is 1. The molecule has 8 nitrogen and oxygen atoms in total. The largest absolute Gasteiger partial charge is 0.756 e. The number of carbonyl (C=O) groups is 1. The predicted octanol–water partition coefficient (Wildman–Crippen LogP) is 19.5. The summed E-state index contributed by atoms with van der Waals surface area (Å²) in [6.45, 7) is 4.53. The lowest BCUT2D eigenvalue weighted by Crippen LogP contribution is -2.45. The summed E-state index contributed by atoms with van der Waals surface area (Å²) in [5.41, 5.74) is 0. The van der Waals surface area contributed by atoms with Gasteiger partial charge < -0.3 is 28.8 Å². The number of quaternary nitrogens is 1. The third-order valence-corrected chi connectivity index (χ3v) is 15.0. The van der Waals surface area contributed by atoms with E-state index in [1.165, 1.54) is 180 Å². The fraction of sp³-hybridized carbons (Fsp3) is 0.750. The van der Waals surface area contributed by atoms with Crippen LogP contribution in [0.2, 0.25) is 0 Å². The summed E-state index contributed by atoms with van der Waals surface area (Å²) in [5, 5.41) is 13.9. The molecule has 0 bridgehead atoms. The van der Waals surface area contributed by atoms with E-state index in [1.807, 2.05) is 27.2 Å². The van der Waals surface area contributed by atoms with Crippen LogP contribution >= 0.6 is 7.82 Å². The molecule has 0 aromatic rings. The van der Waals surface area contributed by atoms with Crippen molar-refractivity contribution in [1.29, 1.82) is 0 Å². The number of hydrogen-bond donors (Lipinski definition) is 2. The molecule has 0 aromatic carbocycles. The van der Waals surface area contributed by atoms with E-state index in [0.717, 1.165) is 77.0 Å². The average Bonchev–Trinajstić information content (AvgIpc) is 3.39. The number of hydrogen-bond acceptors (Lipinski definition) is 6. The normalized spacial score (nSPS) is 14.4. The van der Waals surface area contributed by atoms with Gasteiger partial charge in [-0.15, -0.1) is 0 Å². The molecule has 1 amide bonds. The van der Waals surface area contributed by atoms with Gasteiger partial charge in [0, 0.05) is 6.42 Å². The molecule has 9 heteroatoms. The van der Waals surface area contributed by atoms with Crippen molar-refractivity contribution in [2.75, 3.05) is 40.9 Å². The first-order valence-electron chi connectivity index (χ1n) is 32.1. The summed E-state index contributed by atoms with van der Waals surface area (Å²) < 4.78 is 23.4. The molecule has 0 saturated heterocycles. The van der Waals surface area contributed by atoms with E-state index in [1.54, 1.807) is 6.08 Å². The molecule has 0 heterocycles. The van der Waals surface area contributed by atoms with Crippen LogP contribution in [-0.2, 0) is 18.4 Å². The molecular formula is C68H123N2O6P. The molecule has 3 unspecified atom stereocenters. The number of nitrogens with one attached hydrogen (secondary N) is 1. The van der Waals surface area contributed by atoms with Crippen LogP contribution in [0, 0.1) is 0 Å². The van der Waals surface area contributed by atoms with Crippen molar-refractivity contribution in [3.05, 3.63) is 97.2 Å². The van der Waals surface area contributed by atoms with Crippen molar-refractivity contribution >= 4 is 13.7 Å². The Labute approximate surface area is 477 Å². The van der Waals surface area contributed by atoms with Crippen LogP contribution < -0.4 is 10.2 Å². The van der Waals surface area contributed by atoms with Crippen LogP contribution in [0.3, 0.4) is 0 Å². The first kappa shape index (κ1) is 74.4. The van der Waals surface area contributed by atoms with Crippen LogP contribution in [0.15, 0.2) is 97.2 Å². The maximum absolute atomic E-state index is 13.0. The van der Waals surface area contributed by atoms with Crippen LogP contribution in [0.25, 0.3) is 0 Å². The van der Waals surface area contributed by atoms with Crippen LogP contribution in [0.5, 0.6) is 0 Å². The second-order valence-electron chi connectivity index (χ2n) is 22.7. The molecule has 0 radical (unpaired) electrons. The fourth-order valence-electron chi connectivity index (χ4n) is 9.06. The molecule has 0 aliphatic heterocycles. The number of amides is 1. The van der Waals surface area contributed by atoms with E-state index in [0.29, 0.717) is 17.4 Å². The molecule has 0 spiro atoms. The Morgan fingerprint density at radius 1 is 0.468 bits per heavy atom. The maximum atomic E-state index is 13.0. The van der Waals surface area contributed by atoms with Crippen molar-refractivity contribution in [3.8, 4) is 0 Å². The number of likely N-dealkylation sites (N-methyl/N-ethyl adjacent to an activating group) is 1. The topological polar surface area (TPSA) is 108 Å². The summed E-state index contributed by atoms with van der Waals surface area (Å²) in [4.78, 5) is 25.6. The molecule has 3 atom stereocenters. The lowest BCUT2D eigenvalue weighted by atomic mass is 10.0. The second kappa shape index (κ2) is 58.1. The van der Waals surface area contributed by atoms with Crippen molar-refractivity contribution in [3.63, 3.8) is 0 Å². The minimum Gasteiger partial charge on any atom is -0.756 e. The predicted molar refractivity (Wildman–Crippen MR) is 334 cm³/mol. The lowest BCUT2D eigenvalue weighted by molar-refractivity contribution is -0.870. The van der Waals surface area contributed by atoms with Crippen LogP contribution in [-0.4, -0.2) is 68.5 Å². The number of phosphoric ester groups is 1. The Bertz CT molecular complexity index is 1570. The van der Waals surface area contributed by atoms with Gasteiger partial charge >= 0.3 is 0 Å². The molecule has 0 fully saturated rings. The molecule has 0 aromatic heterocycles. The summed E-state index contributed by atoms with van der Waals surface area (Å²) in [6, 6.07) is -0.908. The Balaban J connectivity index is 4.11. The number of aliphatic hydroxyl groups is 1. The van der Waals surface area contributed by atoms with Gasteiger partial charge in [-0.25, -0.2) is 0 Å². The monoisotopic (exact) mass is 1090 g/mol. The highest BCUT2D eigenvalue weighted by atomic mass is 31.2. The third-order valence-electron chi connectivity index (χ3n) is 14.0. The molecule has 0 aliphatic carbocycles. The van der Waals surface area contributed by atoms with E-state index >= 15 is 0 Å². The number of unbranched alkanes of at least 4 members (excludes halogenated alkanes) is 31. The highest BCUT2D eigenvalue weighted by molar-refractivity contribution is 7.45. The molecule has 2 N–H and O–H groups in total. The van der Waals surface area contributed by atoms with Gasteiger partial charge in [0.05, 0.1) is 39.9 Å². The fourth-order valence-corrected chi connectivity index (χ4v) is 9.78. The summed E-state index contributed by atoms with van der Waals surface area (Å²) >= 11 is 0. The van der Waals surface area contributed by atoms with Crippen molar-refractivity contribution < 1.29 is 32.9 Å². The molecule has 0 rings (SSSR count). The van der Waals surface area contributed by atoms with Gasteiger partial charge in [0.1, 0.15) is 13.2 Å². The van der Waals surface area contributed by atoms with E-state index in [9.17, 15) is 19.4 Å². The maximum Gasteiger partial charge on any atom is 0.268 e. The third kappa shape index (κ3) is 60.9. The molecule has 0 aliphatic rings. The van der Waals surface area contributed by atoms with Crippen LogP contribution in [0.4, 0.5) is 0 Å². The number of aliphatic hydroxyl groups excluding tert-OH is 1. The molecule has 0 saturated carbocycles. The van der Waals surface area contributed by atoms with Gasteiger partial charge in [0.15, 0.2) is 0 Å². The van der Waals surface area contributed by atoms with Gasteiger partial charge in [-0.05, 0) is 83.5 Å². The molecule has 446 valence electrons. The Morgan fingerprint density at radius 2 is 0.805 bits per heavy atom. The van der Waals surface area contributed by atoms with Gasteiger partial charge in [-0.1, -0.05) is 284 Å². The zero-order valence-corrected chi connectivity index (χ0v) is 51.8. The average molecular weight is 1100 g/mol. The van der Waals surface area contributed by atoms with Gasteiger partial charge in [0.2, 0.25) is 5.91 Å². The Hall–Kier alpha value is -2.58. The zero-order chi connectivity index (χ0) is 56.3. The Kier molecular flexibility index (Phi) is 56.1. The highest BCUT2D eigenvalue weighted by Crippen LogP contribution is 2.38. The van der Waals surface area contributed by atoms with Crippen LogP contribution in [0.1, 0.15) is 277 Å². The first-order valence-corrected chi connectivity index (χ1v) is 33.6. The van der Waals surface area contributed by atoms with E-state index < -0.39 is 26.6 Å². The number of carbonyl (C=O) groups excluding carboxylic acids is 1. The molecule has 77 heavy (non-hydrogen) atoms. The minimum atomic E-state index is -4.61. The van der Waals surface area contributed by atoms with Gasteiger partial charge in [-0.3, -0.25) is 9.36 Å². The SMILES string of the molecule is CC/C=C\C/C=C\C/C=C\C/C=C\C/C=C\C/C=C\CCCCCCCCCCCCCCCCCCC(=O)NC(COP(=O)([O-])OCC[N+](C)(C)C)C(O)/C=C/CC/C=C/CCCCCCCCCCCCCCCC. The standard InChI is InChI=1S/C68H123N2O6P/c1-6-8-10-12-14-16-18-20-22-24-26-28-29-30-31-32-33-34-35-36-37-38-39-40-41-42-44-46-48-50-52-54-56-58-60-62-68(72)69-66(65-76-77(73,74)75-64-63-70(3,4)5)67(71)61-59-57-55-53-51-49-47-45-43-27-25-23-21-19-17-15-13-11-9-7-2/h8,10,14,16,20,22,26,28,30-31,33-34,51,53,59,61,66-67,71H,6-7,9,11-13,15,17-19,21,23-25,27,29,32,35-50,52,54-58,60,62-65H2,1-5H3,(H-,69,72,73,74)/b10-8-,16-14-,22-20-,28-26-,31-30-,34-33-,53-51+,61-59+. The first-order chi connectivity index (χ1) is 37.5. The lowest BCUT2D eigenvalue weighted by Gasteiger charge is -2.29. The number of nitrogens with zero attached hydrogens (tertiary/aromatic N) is 1. The van der Waals surface area contributed by atoms with Crippen molar-refractivity contribution in [1.82, 2.24) is 5.32 Å². The smallest absolute Gasteiger partial charge is 0.268 e. The second-order valence-corrected chi connectivity index (χ2v) is 24.1. The number of allylic oxidation sites excluding steroid dienone is 15. The van der Waals surface area contributed by atoms with Crippen molar-refractivity contribution in [2.45, 2.75) is 289 Å². The number of rotatable bonds is 58.